The third-order valence-electron chi connectivity index (χ3n) is 6.85. The van der Waals surface area contributed by atoms with E-state index in [1.54, 1.807) is 13.1 Å². The van der Waals surface area contributed by atoms with Crippen LogP contribution < -0.4 is 5.32 Å². The predicted molar refractivity (Wildman–Crippen MR) is 139 cm³/mol. The maximum absolute atomic E-state index is 14.6. The van der Waals surface area contributed by atoms with E-state index < -0.39 is 24.2 Å². The van der Waals surface area contributed by atoms with Crippen LogP contribution in [0.3, 0.4) is 0 Å². The first-order valence-corrected chi connectivity index (χ1v) is 12.6. The van der Waals surface area contributed by atoms with E-state index in [2.05, 4.69) is 36.3 Å². The molecule has 1 aromatic heterocycles. The number of aromatic nitrogens is 1. The molecule has 6 heteroatoms. The van der Waals surface area contributed by atoms with Crippen LogP contribution in [-0.4, -0.2) is 40.5 Å². The van der Waals surface area contributed by atoms with Crippen molar-refractivity contribution in [2.24, 2.45) is 5.92 Å². The molecule has 0 spiro atoms. The van der Waals surface area contributed by atoms with Gasteiger partial charge in [0.05, 0.1) is 12.6 Å². The maximum Gasteiger partial charge on any atom is 0.243 e. The number of likely N-dealkylation sites (tertiary alicyclic amines) is 1. The quantitative estimate of drug-likeness (QED) is 0.473. The molecule has 4 atom stereocenters. The smallest absolute Gasteiger partial charge is 0.243 e. The summed E-state index contributed by atoms with van der Waals surface area (Å²) >= 11 is 0. The molecular weight excluding hydrogens is 453 g/mol. The first-order chi connectivity index (χ1) is 17.3. The molecular formula is C30H34FN3O2. The van der Waals surface area contributed by atoms with Crippen molar-refractivity contribution in [3.05, 3.63) is 101 Å². The Bertz CT molecular complexity index is 1150. The zero-order valence-corrected chi connectivity index (χ0v) is 21.1. The van der Waals surface area contributed by atoms with Crippen LogP contribution in [0.15, 0.2) is 79.0 Å². The molecule has 2 aromatic carbocycles. The van der Waals surface area contributed by atoms with Gasteiger partial charge in [-0.05, 0) is 34.7 Å². The Morgan fingerprint density at radius 2 is 1.58 bits per heavy atom. The summed E-state index contributed by atoms with van der Waals surface area (Å²) < 4.78 is 14.6. The molecule has 36 heavy (non-hydrogen) atoms. The zero-order chi connectivity index (χ0) is 25.7. The number of benzene rings is 2. The SMILES string of the molecule is CC(Cc1ccccn1)C(=O)N1CC(F)CC1C(=O)NC(c1ccccc1)c1ccc(C(C)C)cc1. The van der Waals surface area contributed by atoms with E-state index in [1.165, 1.54) is 10.5 Å². The Morgan fingerprint density at radius 1 is 0.944 bits per heavy atom. The molecule has 4 unspecified atom stereocenters. The molecule has 1 fully saturated rings. The van der Waals surface area contributed by atoms with Crippen molar-refractivity contribution in [3.63, 3.8) is 0 Å². The van der Waals surface area contributed by atoms with Crippen LogP contribution in [0.25, 0.3) is 0 Å². The fourth-order valence-corrected chi connectivity index (χ4v) is 4.80. The summed E-state index contributed by atoms with van der Waals surface area (Å²) in [4.78, 5) is 32.5. The minimum absolute atomic E-state index is 0.00166. The largest absolute Gasteiger partial charge is 0.343 e. The van der Waals surface area contributed by atoms with E-state index in [4.69, 9.17) is 0 Å². The van der Waals surface area contributed by atoms with E-state index in [-0.39, 0.29) is 24.8 Å². The van der Waals surface area contributed by atoms with Crippen LogP contribution in [0.4, 0.5) is 4.39 Å². The van der Waals surface area contributed by atoms with Gasteiger partial charge >= 0.3 is 0 Å². The Labute approximate surface area is 212 Å². The molecule has 1 saturated heterocycles. The predicted octanol–water partition coefficient (Wildman–Crippen LogP) is 5.23. The van der Waals surface area contributed by atoms with Gasteiger partial charge in [0.25, 0.3) is 0 Å². The van der Waals surface area contributed by atoms with Gasteiger partial charge < -0.3 is 10.2 Å². The molecule has 0 bridgehead atoms. The molecule has 0 saturated carbocycles. The number of hydrogen-bond donors (Lipinski definition) is 1. The van der Waals surface area contributed by atoms with Crippen LogP contribution in [0.1, 0.15) is 61.5 Å². The van der Waals surface area contributed by atoms with Crippen LogP contribution >= 0.6 is 0 Å². The number of amides is 2. The van der Waals surface area contributed by atoms with Gasteiger partial charge in [-0.3, -0.25) is 14.6 Å². The number of nitrogens with zero attached hydrogens (tertiary/aromatic N) is 2. The number of carbonyl (C=O) groups is 2. The lowest BCUT2D eigenvalue weighted by atomic mass is 9.95. The number of halogens is 1. The molecule has 1 aliphatic rings. The van der Waals surface area contributed by atoms with Crippen molar-refractivity contribution in [1.29, 1.82) is 0 Å². The van der Waals surface area contributed by atoms with Crippen molar-refractivity contribution in [3.8, 4) is 0 Å². The second kappa shape index (κ2) is 11.5. The van der Waals surface area contributed by atoms with Crippen molar-refractivity contribution < 1.29 is 14.0 Å². The van der Waals surface area contributed by atoms with Gasteiger partial charge in [0.2, 0.25) is 11.8 Å². The molecule has 4 rings (SSSR count). The zero-order valence-electron chi connectivity index (χ0n) is 21.1. The summed E-state index contributed by atoms with van der Waals surface area (Å²) in [5, 5.41) is 3.12. The first kappa shape index (κ1) is 25.5. The lowest BCUT2D eigenvalue weighted by Crippen LogP contribution is -2.48. The van der Waals surface area contributed by atoms with Gasteiger partial charge in [-0.25, -0.2) is 4.39 Å². The summed E-state index contributed by atoms with van der Waals surface area (Å²) in [5.74, 6) is -0.570. The highest BCUT2D eigenvalue weighted by atomic mass is 19.1. The lowest BCUT2D eigenvalue weighted by Gasteiger charge is -2.29. The third kappa shape index (κ3) is 5.99. The van der Waals surface area contributed by atoms with Crippen LogP contribution in [0.5, 0.6) is 0 Å². The van der Waals surface area contributed by atoms with E-state index in [0.29, 0.717) is 12.3 Å². The topological polar surface area (TPSA) is 62.3 Å². The fourth-order valence-electron chi connectivity index (χ4n) is 4.80. The minimum atomic E-state index is -1.23. The highest BCUT2D eigenvalue weighted by Crippen LogP contribution is 2.28. The summed E-state index contributed by atoms with van der Waals surface area (Å²) in [5.41, 5.74) is 3.88. The molecule has 1 aliphatic heterocycles. The number of rotatable bonds is 8. The fraction of sp³-hybridized carbons (Fsp3) is 0.367. The standard InChI is InChI=1S/C30H34FN3O2/c1-20(2)22-12-14-24(15-13-22)28(23-9-5-4-6-10-23)33-29(35)27-18-25(31)19-34(27)30(36)21(3)17-26-11-7-8-16-32-26/h4-16,20-21,25,27-28H,17-19H2,1-3H3,(H,33,35). The highest BCUT2D eigenvalue weighted by Gasteiger charge is 2.41. The van der Waals surface area contributed by atoms with Crippen LogP contribution in [-0.2, 0) is 16.0 Å². The molecule has 3 aromatic rings. The van der Waals surface area contributed by atoms with Gasteiger partial charge in [-0.2, -0.15) is 0 Å². The molecule has 1 N–H and O–H groups in total. The molecule has 5 nitrogen and oxygen atoms in total. The van der Waals surface area contributed by atoms with E-state index in [9.17, 15) is 14.0 Å². The molecule has 2 heterocycles. The number of nitrogens with one attached hydrogen (secondary N) is 1. The number of carbonyl (C=O) groups excluding carboxylic acids is 2. The Hall–Kier alpha value is -3.54. The number of pyridine rings is 1. The minimum Gasteiger partial charge on any atom is -0.343 e. The molecule has 2 amide bonds. The summed E-state index contributed by atoms with van der Waals surface area (Å²) in [6.45, 7) is 6.02. The van der Waals surface area contributed by atoms with Crippen molar-refractivity contribution in [2.75, 3.05) is 6.54 Å². The average Bonchev–Trinajstić information content (AvgIpc) is 3.29. The average molecular weight is 488 g/mol. The molecule has 0 radical (unpaired) electrons. The summed E-state index contributed by atoms with van der Waals surface area (Å²) in [7, 11) is 0. The Morgan fingerprint density at radius 3 is 2.22 bits per heavy atom. The van der Waals surface area contributed by atoms with Crippen molar-refractivity contribution >= 4 is 11.8 Å². The number of hydrogen-bond acceptors (Lipinski definition) is 3. The monoisotopic (exact) mass is 487 g/mol. The normalized spacial score (nSPS) is 19.2. The highest BCUT2D eigenvalue weighted by molar-refractivity contribution is 5.89. The van der Waals surface area contributed by atoms with E-state index in [1.807, 2.05) is 60.7 Å². The van der Waals surface area contributed by atoms with Gasteiger partial charge in [-0.1, -0.05) is 81.4 Å². The Kier molecular flexibility index (Phi) is 8.14. The summed E-state index contributed by atoms with van der Waals surface area (Å²) in [6.07, 6.45) is 0.901. The second-order valence-corrected chi connectivity index (χ2v) is 9.94. The maximum atomic E-state index is 14.6. The lowest BCUT2D eigenvalue weighted by molar-refractivity contribution is -0.141. The van der Waals surface area contributed by atoms with Crippen LogP contribution in [0, 0.1) is 5.92 Å². The molecule has 188 valence electrons. The number of alkyl halides is 1. The Balaban J connectivity index is 1.54. The third-order valence-corrected chi connectivity index (χ3v) is 6.85. The van der Waals surface area contributed by atoms with E-state index in [0.717, 1.165) is 16.8 Å². The molecule has 0 aliphatic carbocycles. The van der Waals surface area contributed by atoms with Gasteiger partial charge in [0.1, 0.15) is 12.2 Å². The first-order valence-electron chi connectivity index (χ1n) is 12.6. The van der Waals surface area contributed by atoms with Crippen molar-refractivity contribution in [2.45, 2.75) is 57.8 Å². The van der Waals surface area contributed by atoms with Gasteiger partial charge in [0.15, 0.2) is 0 Å². The van der Waals surface area contributed by atoms with Crippen molar-refractivity contribution in [1.82, 2.24) is 15.2 Å². The summed E-state index contributed by atoms with van der Waals surface area (Å²) in [6, 6.07) is 22.2. The van der Waals surface area contributed by atoms with Crippen LogP contribution in [0.2, 0.25) is 0 Å². The second-order valence-electron chi connectivity index (χ2n) is 9.94. The van der Waals surface area contributed by atoms with E-state index >= 15 is 0 Å². The van der Waals surface area contributed by atoms with Gasteiger partial charge in [0, 0.05) is 30.7 Å². The van der Waals surface area contributed by atoms with Gasteiger partial charge in [-0.15, -0.1) is 0 Å².